The molecule has 11 nitrogen and oxygen atoms in total. The first-order valence-corrected chi connectivity index (χ1v) is 17.0. The number of carbonyl (C=O) groups excluding carboxylic acids is 2. The highest BCUT2D eigenvalue weighted by molar-refractivity contribution is 8.15. The van der Waals surface area contributed by atoms with Gasteiger partial charge >= 0.3 is 13.3 Å². The number of nitrogens with zero attached hydrogens (tertiary/aromatic N) is 3. The largest absolute Gasteiger partial charge is 0.487 e. The zero-order valence-corrected chi connectivity index (χ0v) is 26.7. The molecule has 1 amide bonds. The van der Waals surface area contributed by atoms with Crippen LogP contribution in [0.25, 0.3) is 0 Å². The van der Waals surface area contributed by atoms with Crippen molar-refractivity contribution in [2.75, 3.05) is 6.61 Å². The summed E-state index contributed by atoms with van der Waals surface area (Å²) in [7, 11) is -3.85. The van der Waals surface area contributed by atoms with Crippen LogP contribution < -0.4 is 15.3 Å². The Bertz CT molecular complexity index is 1880. The Balaban J connectivity index is 1.33. The van der Waals surface area contributed by atoms with Crippen LogP contribution in [0.4, 0.5) is 5.69 Å². The summed E-state index contributed by atoms with van der Waals surface area (Å²) in [6, 6.07) is 31.4. The van der Waals surface area contributed by atoms with Crippen LogP contribution in [0.15, 0.2) is 132 Å². The number of rotatable bonds is 12. The summed E-state index contributed by atoms with van der Waals surface area (Å²) in [5.41, 5.74) is -0.330. The van der Waals surface area contributed by atoms with Crippen LogP contribution in [-0.2, 0) is 30.0 Å². The number of thioether (sulfide) groups is 1. The fourth-order valence-electron chi connectivity index (χ4n) is 5.15. The van der Waals surface area contributed by atoms with Gasteiger partial charge in [-0.25, -0.2) is 4.79 Å². The fraction of sp³-hybridized carbons (Fsp3) is 0.147. The maximum Gasteiger partial charge on any atom is 0.358 e. The summed E-state index contributed by atoms with van der Waals surface area (Å²) in [5, 5.41) is 12.3. The van der Waals surface area contributed by atoms with Crippen molar-refractivity contribution in [3.8, 4) is 5.75 Å². The number of para-hydroxylation sites is 2. The number of likely N-dealkylation sites (tertiary alicyclic amines) is 1. The lowest BCUT2D eigenvalue weighted by Crippen LogP contribution is -2.61. The highest BCUT2D eigenvalue weighted by atomic mass is 32.2. The number of ether oxygens (including phenoxy) is 2. The van der Waals surface area contributed by atoms with Crippen molar-refractivity contribution in [3.05, 3.63) is 142 Å². The third kappa shape index (κ3) is 6.56. The normalized spacial score (nSPS) is 17.5. The molecule has 47 heavy (non-hydrogen) atoms. The average molecular weight is 670 g/mol. The molecule has 2 unspecified atom stereocenters. The van der Waals surface area contributed by atoms with Gasteiger partial charge in [0, 0.05) is 6.07 Å². The predicted octanol–water partition coefficient (Wildman–Crippen LogP) is 5.58. The van der Waals surface area contributed by atoms with Crippen molar-refractivity contribution in [1.82, 2.24) is 4.90 Å². The summed E-state index contributed by atoms with van der Waals surface area (Å²) in [4.78, 5) is 44.2. The van der Waals surface area contributed by atoms with Gasteiger partial charge in [0.1, 0.15) is 35.1 Å². The fourth-order valence-corrected chi connectivity index (χ4v) is 8.47. The number of hydrogen-bond acceptors (Lipinski definition) is 10. The third-order valence-electron chi connectivity index (χ3n) is 7.43. The number of aliphatic imine (C=N–C) groups is 1. The van der Waals surface area contributed by atoms with Crippen LogP contribution in [0.1, 0.15) is 12.5 Å². The third-order valence-corrected chi connectivity index (χ3v) is 11.1. The molecule has 0 N–H and O–H groups in total. The topological polar surface area (TPSA) is 138 Å². The lowest BCUT2D eigenvalue weighted by atomic mass is 10.1. The highest BCUT2D eigenvalue weighted by Crippen LogP contribution is 2.49. The van der Waals surface area contributed by atoms with Crippen molar-refractivity contribution < 1.29 is 33.1 Å². The van der Waals surface area contributed by atoms with E-state index < -0.39 is 42.2 Å². The zero-order valence-electron chi connectivity index (χ0n) is 25.0. The van der Waals surface area contributed by atoms with Gasteiger partial charge in [-0.3, -0.25) is 29.4 Å². The van der Waals surface area contributed by atoms with Gasteiger partial charge in [-0.05, 0) is 49.4 Å². The number of amides is 1. The van der Waals surface area contributed by atoms with Crippen LogP contribution >= 0.6 is 19.1 Å². The minimum atomic E-state index is -3.85. The molecule has 238 valence electrons. The number of nitro groups is 1. The van der Waals surface area contributed by atoms with Gasteiger partial charge in [0.25, 0.3) is 11.6 Å². The summed E-state index contributed by atoms with van der Waals surface area (Å²) in [5.74, 6) is -0.934. The maximum absolute atomic E-state index is 14.7. The number of carbonyl (C=O) groups is 2. The highest BCUT2D eigenvalue weighted by Gasteiger charge is 2.56. The number of β-lactam (4-membered cyclic amide) rings is 1. The predicted molar refractivity (Wildman–Crippen MR) is 178 cm³/mol. The Labute approximate surface area is 274 Å². The molecule has 2 aliphatic heterocycles. The first-order chi connectivity index (χ1) is 22.8. The SMILES string of the molecule is CC(OP(=O)(c1ccccc1)c1ccccc1)=C(C(=O)OCc1ccccc1[N+](=O)[O-])N1C(=O)C2N=C(COc3ccccc3)SC21. The lowest BCUT2D eigenvalue weighted by molar-refractivity contribution is -0.385. The second kappa shape index (κ2) is 13.7. The Morgan fingerprint density at radius 1 is 0.894 bits per heavy atom. The van der Waals surface area contributed by atoms with Crippen LogP contribution in [0.3, 0.4) is 0 Å². The maximum atomic E-state index is 14.7. The molecule has 6 rings (SSSR count). The van der Waals surface area contributed by atoms with Crippen LogP contribution in [0, 0.1) is 10.1 Å². The summed E-state index contributed by atoms with van der Waals surface area (Å²) >= 11 is 1.26. The molecule has 4 aromatic carbocycles. The number of hydrogen-bond donors (Lipinski definition) is 0. The van der Waals surface area contributed by atoms with Gasteiger partial charge in [0.15, 0.2) is 11.7 Å². The smallest absolute Gasteiger partial charge is 0.358 e. The minimum Gasteiger partial charge on any atom is -0.487 e. The van der Waals surface area contributed by atoms with Crippen LogP contribution in [-0.4, -0.2) is 44.8 Å². The monoisotopic (exact) mass is 669 g/mol. The number of allylic oxidation sites excluding steroid dienone is 1. The first-order valence-electron chi connectivity index (χ1n) is 14.5. The van der Waals surface area contributed by atoms with E-state index in [0.717, 1.165) is 0 Å². The quantitative estimate of drug-likeness (QED) is 0.0360. The molecule has 0 saturated carbocycles. The van der Waals surface area contributed by atoms with E-state index in [0.29, 0.717) is 21.4 Å². The number of fused-ring (bicyclic) bond motifs is 1. The van der Waals surface area contributed by atoms with Gasteiger partial charge in [-0.2, -0.15) is 0 Å². The Morgan fingerprint density at radius 2 is 1.47 bits per heavy atom. The van der Waals surface area contributed by atoms with E-state index in [1.165, 1.54) is 41.8 Å². The molecule has 1 saturated heterocycles. The molecule has 2 heterocycles. The van der Waals surface area contributed by atoms with Crippen LogP contribution in [0.5, 0.6) is 5.75 Å². The Morgan fingerprint density at radius 3 is 2.09 bits per heavy atom. The molecule has 4 aromatic rings. The van der Waals surface area contributed by atoms with Gasteiger partial charge in [-0.15, -0.1) is 0 Å². The Hall–Kier alpha value is -5.19. The van der Waals surface area contributed by atoms with Gasteiger partial charge in [0.05, 0.1) is 21.1 Å². The number of esters is 1. The molecule has 2 atom stereocenters. The molecule has 0 bridgehead atoms. The summed E-state index contributed by atoms with van der Waals surface area (Å²) < 4.78 is 32.4. The van der Waals surface area contributed by atoms with Gasteiger partial charge < -0.3 is 14.0 Å². The van der Waals surface area contributed by atoms with Crippen molar-refractivity contribution in [2.45, 2.75) is 24.9 Å². The average Bonchev–Trinajstić information content (AvgIpc) is 3.49. The molecule has 0 aliphatic carbocycles. The minimum absolute atomic E-state index is 0.116. The van der Waals surface area contributed by atoms with E-state index in [-0.39, 0.29) is 29.3 Å². The molecule has 2 aliphatic rings. The molecule has 0 radical (unpaired) electrons. The summed E-state index contributed by atoms with van der Waals surface area (Å²) in [6.45, 7) is 1.12. The van der Waals surface area contributed by atoms with Crippen LogP contribution in [0.2, 0.25) is 0 Å². The van der Waals surface area contributed by atoms with Crippen molar-refractivity contribution in [3.63, 3.8) is 0 Å². The second-order valence-electron chi connectivity index (χ2n) is 10.5. The molecule has 0 spiro atoms. The zero-order chi connectivity index (χ0) is 33.0. The van der Waals surface area contributed by atoms with Gasteiger partial charge in [-0.1, -0.05) is 78.5 Å². The van der Waals surface area contributed by atoms with Crippen molar-refractivity contribution >= 4 is 52.3 Å². The lowest BCUT2D eigenvalue weighted by Gasteiger charge is -2.41. The van der Waals surface area contributed by atoms with E-state index in [9.17, 15) is 24.3 Å². The first kappa shape index (κ1) is 31.8. The van der Waals surface area contributed by atoms with E-state index in [1.54, 1.807) is 78.9 Å². The number of benzene rings is 4. The van der Waals surface area contributed by atoms with E-state index in [4.69, 9.17) is 14.0 Å². The molecule has 13 heteroatoms. The van der Waals surface area contributed by atoms with E-state index in [1.807, 2.05) is 18.2 Å². The van der Waals surface area contributed by atoms with Crippen molar-refractivity contribution in [1.29, 1.82) is 0 Å². The summed E-state index contributed by atoms with van der Waals surface area (Å²) in [6.07, 6.45) is 0. The second-order valence-corrected chi connectivity index (χ2v) is 14.0. The number of nitro benzene ring substituents is 1. The van der Waals surface area contributed by atoms with E-state index in [2.05, 4.69) is 4.99 Å². The Kier molecular flexibility index (Phi) is 9.24. The standard InChI is InChI=1S/C34H28N3O8PS/c1-23(45-46(42,26-16-7-3-8-17-26)27-18-9-4-10-19-27)31(34(39)44-21-24-13-11-12-20-28(24)37(40)41)36-32(38)30-33(36)47-29(35-30)22-43-25-14-5-2-6-15-25/h2-20,30,33H,21-22H2,1H3. The van der Waals surface area contributed by atoms with E-state index >= 15 is 0 Å². The molecular weight excluding hydrogens is 641 g/mol. The molecule has 0 aromatic heterocycles. The van der Waals surface area contributed by atoms with Crippen molar-refractivity contribution in [2.24, 2.45) is 4.99 Å². The molecular formula is C34H28N3O8PS. The molecule has 1 fully saturated rings. The van der Waals surface area contributed by atoms with Gasteiger partial charge in [0.2, 0.25) is 0 Å².